The number of rotatable bonds is 2. The summed E-state index contributed by atoms with van der Waals surface area (Å²) in [5.41, 5.74) is 2.77. The summed E-state index contributed by atoms with van der Waals surface area (Å²) in [5.74, 6) is -0.178. The van der Waals surface area contributed by atoms with E-state index in [4.69, 9.17) is 0 Å². The molecule has 0 unspecified atom stereocenters. The lowest BCUT2D eigenvalue weighted by molar-refractivity contribution is 0.0724. The van der Waals surface area contributed by atoms with Gasteiger partial charge in [-0.15, -0.1) is 0 Å². The molecule has 0 bridgehead atoms. The van der Waals surface area contributed by atoms with Crippen molar-refractivity contribution in [2.75, 3.05) is 6.54 Å². The molecule has 4 rings (SSSR count). The predicted molar refractivity (Wildman–Crippen MR) is 105 cm³/mol. The van der Waals surface area contributed by atoms with Crippen molar-refractivity contribution >= 4 is 32.9 Å². The van der Waals surface area contributed by atoms with Crippen LogP contribution in [0.2, 0.25) is 0 Å². The molecule has 0 saturated carbocycles. The molecule has 1 amide bonds. The zero-order valence-corrected chi connectivity index (χ0v) is 16.6. The van der Waals surface area contributed by atoms with Crippen LogP contribution in [0.25, 0.3) is 11.0 Å². The van der Waals surface area contributed by atoms with Crippen molar-refractivity contribution in [3.8, 4) is 0 Å². The summed E-state index contributed by atoms with van der Waals surface area (Å²) >= 11 is 3.43. The summed E-state index contributed by atoms with van der Waals surface area (Å²) in [6, 6.07) is 6.80. The fraction of sp³-hybridized carbons (Fsp3) is 0.316. The Morgan fingerprint density at radius 2 is 2.07 bits per heavy atom. The summed E-state index contributed by atoms with van der Waals surface area (Å²) < 4.78 is 2.23. The SMILES string of the molecule is CC(C)n1nc(C(=O)N2CCc3nc4ncc(Br)cc4cc3C2)ccc1=O. The van der Waals surface area contributed by atoms with Crippen molar-refractivity contribution in [3.63, 3.8) is 0 Å². The normalized spacial score (nSPS) is 13.9. The third-order valence-electron chi connectivity index (χ3n) is 4.60. The van der Waals surface area contributed by atoms with Gasteiger partial charge in [-0.25, -0.2) is 14.6 Å². The predicted octanol–water partition coefficient (Wildman–Crippen LogP) is 2.73. The average molecular weight is 428 g/mol. The molecule has 0 saturated heterocycles. The maximum Gasteiger partial charge on any atom is 0.274 e. The van der Waals surface area contributed by atoms with Gasteiger partial charge in [0.1, 0.15) is 5.69 Å². The molecule has 4 heterocycles. The van der Waals surface area contributed by atoms with Crippen LogP contribution in [0, 0.1) is 0 Å². The Balaban J connectivity index is 1.65. The van der Waals surface area contributed by atoms with Crippen LogP contribution in [-0.2, 0) is 13.0 Å². The van der Waals surface area contributed by atoms with Crippen LogP contribution in [0.1, 0.15) is 41.6 Å². The highest BCUT2D eigenvalue weighted by Gasteiger charge is 2.25. The summed E-state index contributed by atoms with van der Waals surface area (Å²) in [5, 5.41) is 5.18. The van der Waals surface area contributed by atoms with Crippen LogP contribution in [-0.4, -0.2) is 37.1 Å². The minimum absolute atomic E-state index is 0.103. The van der Waals surface area contributed by atoms with Gasteiger partial charge in [-0.3, -0.25) is 9.59 Å². The number of carbonyl (C=O) groups is 1. The van der Waals surface area contributed by atoms with E-state index < -0.39 is 0 Å². The molecule has 138 valence electrons. The summed E-state index contributed by atoms with van der Waals surface area (Å²) in [4.78, 5) is 35.5. The van der Waals surface area contributed by atoms with Crippen molar-refractivity contribution in [1.29, 1.82) is 0 Å². The molecule has 7 nitrogen and oxygen atoms in total. The average Bonchev–Trinajstić information content (AvgIpc) is 2.65. The number of hydrogen-bond donors (Lipinski definition) is 0. The van der Waals surface area contributed by atoms with Gasteiger partial charge < -0.3 is 4.90 Å². The van der Waals surface area contributed by atoms with E-state index in [0.717, 1.165) is 21.1 Å². The van der Waals surface area contributed by atoms with E-state index in [2.05, 4.69) is 31.0 Å². The molecule has 0 N–H and O–H groups in total. The second kappa shape index (κ2) is 6.84. The Labute approximate surface area is 164 Å². The number of carbonyl (C=O) groups excluding carboxylic acids is 1. The first-order valence-corrected chi connectivity index (χ1v) is 9.55. The number of hydrogen-bond acceptors (Lipinski definition) is 5. The van der Waals surface area contributed by atoms with Gasteiger partial charge in [0.15, 0.2) is 5.65 Å². The molecule has 1 aliphatic heterocycles. The van der Waals surface area contributed by atoms with Crippen LogP contribution >= 0.6 is 15.9 Å². The van der Waals surface area contributed by atoms with Gasteiger partial charge in [-0.2, -0.15) is 5.10 Å². The van der Waals surface area contributed by atoms with Crippen LogP contribution in [0.3, 0.4) is 0 Å². The van der Waals surface area contributed by atoms with Gasteiger partial charge in [0.25, 0.3) is 11.5 Å². The lowest BCUT2D eigenvalue weighted by Crippen LogP contribution is -2.38. The van der Waals surface area contributed by atoms with E-state index in [9.17, 15) is 9.59 Å². The second-order valence-corrected chi connectivity index (χ2v) is 7.78. The number of fused-ring (bicyclic) bond motifs is 2. The zero-order valence-electron chi connectivity index (χ0n) is 15.0. The van der Waals surface area contributed by atoms with Gasteiger partial charge in [0.05, 0.1) is 6.04 Å². The summed E-state index contributed by atoms with van der Waals surface area (Å²) in [7, 11) is 0. The van der Waals surface area contributed by atoms with Gasteiger partial charge in [-0.05, 0) is 53.5 Å². The maximum atomic E-state index is 12.9. The Hall–Kier alpha value is -2.61. The van der Waals surface area contributed by atoms with E-state index in [1.807, 2.05) is 26.0 Å². The van der Waals surface area contributed by atoms with E-state index in [-0.39, 0.29) is 23.2 Å². The quantitative estimate of drug-likeness (QED) is 0.627. The zero-order chi connectivity index (χ0) is 19.1. The standard InChI is InChI=1S/C19H18BrN5O2/c1-11(2)25-17(26)4-3-16(23-25)19(27)24-6-5-15-13(10-24)7-12-8-14(20)9-21-18(12)22-15/h3-4,7-9,11H,5-6,10H2,1-2H3. The largest absolute Gasteiger partial charge is 0.332 e. The minimum atomic E-state index is -0.209. The molecule has 0 aromatic carbocycles. The van der Waals surface area contributed by atoms with Crippen molar-refractivity contribution in [2.45, 2.75) is 32.9 Å². The molecule has 0 spiro atoms. The monoisotopic (exact) mass is 427 g/mol. The van der Waals surface area contributed by atoms with Gasteiger partial charge in [0.2, 0.25) is 0 Å². The van der Waals surface area contributed by atoms with Crippen LogP contribution in [0.5, 0.6) is 0 Å². The fourth-order valence-corrected chi connectivity index (χ4v) is 3.59. The third kappa shape index (κ3) is 3.37. The molecular formula is C19H18BrN5O2. The number of amides is 1. The first kappa shape index (κ1) is 17.8. The highest BCUT2D eigenvalue weighted by Crippen LogP contribution is 2.24. The molecule has 0 radical (unpaired) electrons. The van der Waals surface area contributed by atoms with Crippen LogP contribution < -0.4 is 5.56 Å². The van der Waals surface area contributed by atoms with Crippen molar-refractivity contribution in [3.05, 3.63) is 62.2 Å². The molecule has 0 fully saturated rings. The fourth-order valence-electron chi connectivity index (χ4n) is 3.24. The Kier molecular flexibility index (Phi) is 4.51. The van der Waals surface area contributed by atoms with Crippen LogP contribution in [0.15, 0.2) is 39.7 Å². The number of aromatic nitrogens is 4. The number of nitrogens with zero attached hydrogens (tertiary/aromatic N) is 5. The molecule has 1 aliphatic rings. The third-order valence-corrected chi connectivity index (χ3v) is 5.04. The Bertz CT molecular complexity index is 1110. The first-order valence-electron chi connectivity index (χ1n) is 8.75. The highest BCUT2D eigenvalue weighted by atomic mass is 79.9. The first-order chi connectivity index (χ1) is 12.9. The molecular weight excluding hydrogens is 410 g/mol. The highest BCUT2D eigenvalue weighted by molar-refractivity contribution is 9.10. The number of halogens is 1. The molecule has 27 heavy (non-hydrogen) atoms. The molecule has 3 aromatic rings. The minimum Gasteiger partial charge on any atom is -0.332 e. The van der Waals surface area contributed by atoms with E-state index in [1.165, 1.54) is 16.8 Å². The summed E-state index contributed by atoms with van der Waals surface area (Å²) in [6.07, 6.45) is 2.40. The molecule has 3 aromatic heterocycles. The van der Waals surface area contributed by atoms with Crippen molar-refractivity contribution in [1.82, 2.24) is 24.6 Å². The molecule has 0 atom stereocenters. The van der Waals surface area contributed by atoms with Crippen LogP contribution in [0.4, 0.5) is 0 Å². The Morgan fingerprint density at radius 3 is 2.85 bits per heavy atom. The number of pyridine rings is 2. The van der Waals surface area contributed by atoms with Crippen molar-refractivity contribution < 1.29 is 4.79 Å². The van der Waals surface area contributed by atoms with Crippen molar-refractivity contribution in [2.24, 2.45) is 0 Å². The topological polar surface area (TPSA) is 81.0 Å². The maximum absolute atomic E-state index is 12.9. The molecule has 0 aliphatic carbocycles. The van der Waals surface area contributed by atoms with Gasteiger partial charge in [-0.1, -0.05) is 0 Å². The Morgan fingerprint density at radius 1 is 1.26 bits per heavy atom. The van der Waals surface area contributed by atoms with Gasteiger partial charge >= 0.3 is 0 Å². The lowest BCUT2D eigenvalue weighted by Gasteiger charge is -2.28. The smallest absolute Gasteiger partial charge is 0.274 e. The second-order valence-electron chi connectivity index (χ2n) is 6.87. The van der Waals surface area contributed by atoms with E-state index in [0.29, 0.717) is 25.2 Å². The lowest BCUT2D eigenvalue weighted by atomic mass is 10.0. The van der Waals surface area contributed by atoms with E-state index in [1.54, 1.807) is 11.1 Å². The molecule has 8 heteroatoms. The summed E-state index contributed by atoms with van der Waals surface area (Å²) in [6.45, 7) is 4.75. The van der Waals surface area contributed by atoms with Gasteiger partial charge in [0, 0.05) is 47.3 Å². The van der Waals surface area contributed by atoms with E-state index >= 15 is 0 Å².